The first-order valence-corrected chi connectivity index (χ1v) is 7.86. The minimum absolute atomic E-state index is 0.0322. The van der Waals surface area contributed by atoms with Crippen LogP contribution in [0, 0.1) is 0 Å². The molecular formula is C15H21NOS. The Bertz CT molecular complexity index is 462. The molecule has 3 rings (SSSR count). The topological polar surface area (TPSA) is 46.2 Å². The van der Waals surface area contributed by atoms with E-state index in [4.69, 9.17) is 5.73 Å². The molecule has 3 atom stereocenters. The summed E-state index contributed by atoms with van der Waals surface area (Å²) in [6.45, 7) is 2.29. The fraction of sp³-hybridized carbons (Fsp3) is 0.600. The molecule has 3 heteroatoms. The Morgan fingerprint density at radius 1 is 1.39 bits per heavy atom. The van der Waals surface area contributed by atoms with Gasteiger partial charge in [0.05, 0.1) is 0 Å². The predicted octanol–water partition coefficient (Wildman–Crippen LogP) is 2.82. The quantitative estimate of drug-likeness (QED) is 0.756. The first-order chi connectivity index (χ1) is 8.61. The average molecular weight is 263 g/mol. The standard InChI is InChI=1S/C15H21NOS/c1-15-6-2-3-7-18-13(14(15)16)8-10-4-5-11(17)9-12(10)15/h4-5,9,13-14,17H,2-3,6-8,16H2,1H3/t13-,14+,15-/m1/s1. The van der Waals surface area contributed by atoms with E-state index >= 15 is 0 Å². The average Bonchev–Trinajstić information content (AvgIpc) is 2.35. The van der Waals surface area contributed by atoms with Gasteiger partial charge in [-0.2, -0.15) is 11.8 Å². The Balaban J connectivity index is 2.11. The molecule has 1 aromatic rings. The Kier molecular flexibility index (Phi) is 3.07. The highest BCUT2D eigenvalue weighted by Gasteiger charge is 2.44. The molecule has 1 aliphatic heterocycles. The Labute approximate surface area is 113 Å². The van der Waals surface area contributed by atoms with Gasteiger partial charge in [-0.15, -0.1) is 0 Å². The molecule has 1 aromatic carbocycles. The fourth-order valence-electron chi connectivity index (χ4n) is 3.50. The highest BCUT2D eigenvalue weighted by Crippen LogP contribution is 2.46. The molecule has 2 bridgehead atoms. The van der Waals surface area contributed by atoms with E-state index in [9.17, 15) is 5.11 Å². The summed E-state index contributed by atoms with van der Waals surface area (Å²) in [5, 5.41) is 10.3. The van der Waals surface area contributed by atoms with Gasteiger partial charge in [-0.25, -0.2) is 0 Å². The lowest BCUT2D eigenvalue weighted by Gasteiger charge is -2.47. The van der Waals surface area contributed by atoms with Crippen molar-refractivity contribution in [3.63, 3.8) is 0 Å². The number of hydrogen-bond donors (Lipinski definition) is 2. The number of hydrogen-bond acceptors (Lipinski definition) is 3. The maximum Gasteiger partial charge on any atom is 0.115 e. The monoisotopic (exact) mass is 263 g/mol. The number of benzene rings is 1. The molecule has 2 nitrogen and oxygen atoms in total. The smallest absolute Gasteiger partial charge is 0.115 e. The van der Waals surface area contributed by atoms with Crippen LogP contribution in [0.4, 0.5) is 0 Å². The minimum atomic E-state index is 0.0322. The second-order valence-corrected chi connectivity index (χ2v) is 7.20. The zero-order valence-corrected chi connectivity index (χ0v) is 11.7. The van der Waals surface area contributed by atoms with E-state index < -0.39 is 0 Å². The fourth-order valence-corrected chi connectivity index (χ4v) is 4.98. The van der Waals surface area contributed by atoms with Crippen LogP contribution in [-0.2, 0) is 11.8 Å². The van der Waals surface area contributed by atoms with Gasteiger partial charge < -0.3 is 10.8 Å². The van der Waals surface area contributed by atoms with Crippen molar-refractivity contribution in [2.75, 3.05) is 5.75 Å². The summed E-state index contributed by atoms with van der Waals surface area (Å²) in [7, 11) is 0. The van der Waals surface area contributed by atoms with Crippen LogP contribution in [0.15, 0.2) is 18.2 Å². The van der Waals surface area contributed by atoms with E-state index in [1.165, 1.54) is 29.7 Å². The van der Waals surface area contributed by atoms with Crippen LogP contribution >= 0.6 is 11.8 Å². The molecule has 0 amide bonds. The molecule has 1 aliphatic carbocycles. The summed E-state index contributed by atoms with van der Waals surface area (Å²) in [6, 6.07) is 6.04. The molecule has 1 fully saturated rings. The van der Waals surface area contributed by atoms with Crippen molar-refractivity contribution < 1.29 is 5.11 Å². The molecule has 1 heterocycles. The molecule has 3 N–H and O–H groups in total. The normalized spacial score (nSPS) is 35.4. The second kappa shape index (κ2) is 4.46. The summed E-state index contributed by atoms with van der Waals surface area (Å²) in [5.74, 6) is 1.61. The Hall–Kier alpha value is -0.670. The van der Waals surface area contributed by atoms with Crippen LogP contribution in [-0.4, -0.2) is 22.2 Å². The number of thioether (sulfide) groups is 1. The zero-order valence-electron chi connectivity index (χ0n) is 10.9. The molecule has 0 radical (unpaired) electrons. The summed E-state index contributed by atoms with van der Waals surface area (Å²) >= 11 is 2.04. The second-order valence-electron chi connectivity index (χ2n) is 5.86. The van der Waals surface area contributed by atoms with Crippen LogP contribution in [0.25, 0.3) is 0 Å². The van der Waals surface area contributed by atoms with Crippen molar-refractivity contribution in [1.29, 1.82) is 0 Å². The van der Waals surface area contributed by atoms with Crippen molar-refractivity contribution in [3.8, 4) is 5.75 Å². The molecule has 18 heavy (non-hydrogen) atoms. The summed E-state index contributed by atoms with van der Waals surface area (Å²) in [6.07, 6.45) is 4.72. The molecule has 98 valence electrons. The molecule has 0 aromatic heterocycles. The van der Waals surface area contributed by atoms with Crippen LogP contribution < -0.4 is 5.73 Å². The maximum atomic E-state index is 9.77. The molecule has 2 aliphatic rings. The molecule has 1 saturated heterocycles. The van der Waals surface area contributed by atoms with Gasteiger partial charge in [-0.3, -0.25) is 0 Å². The first kappa shape index (κ1) is 12.4. The van der Waals surface area contributed by atoms with Crippen LogP contribution in [0.3, 0.4) is 0 Å². The predicted molar refractivity (Wildman–Crippen MR) is 77.2 cm³/mol. The number of fused-ring (bicyclic) bond motifs is 4. The summed E-state index contributed by atoms with van der Waals surface area (Å²) < 4.78 is 0. The lowest BCUT2D eigenvalue weighted by atomic mass is 9.65. The van der Waals surface area contributed by atoms with Crippen molar-refractivity contribution in [2.45, 2.75) is 49.3 Å². The van der Waals surface area contributed by atoms with Gasteiger partial charge >= 0.3 is 0 Å². The third-order valence-electron chi connectivity index (χ3n) is 4.69. The zero-order chi connectivity index (χ0) is 12.8. The van der Waals surface area contributed by atoms with Gasteiger partial charge in [0.2, 0.25) is 0 Å². The maximum absolute atomic E-state index is 9.77. The minimum Gasteiger partial charge on any atom is -0.508 e. The van der Waals surface area contributed by atoms with Crippen molar-refractivity contribution >= 4 is 11.8 Å². The van der Waals surface area contributed by atoms with E-state index in [-0.39, 0.29) is 11.5 Å². The SMILES string of the molecule is C[C@@]12CCCCS[C@H](Cc3ccc(O)cc31)[C@@H]2N. The largest absolute Gasteiger partial charge is 0.508 e. The van der Waals surface area contributed by atoms with Crippen LogP contribution in [0.5, 0.6) is 5.75 Å². The molecule has 0 saturated carbocycles. The van der Waals surface area contributed by atoms with E-state index in [1.807, 2.05) is 23.9 Å². The van der Waals surface area contributed by atoms with Gasteiger partial charge in [-0.05, 0) is 48.3 Å². The first-order valence-electron chi connectivity index (χ1n) is 6.81. The molecule has 0 unspecified atom stereocenters. The third kappa shape index (κ3) is 1.84. The Morgan fingerprint density at radius 2 is 2.22 bits per heavy atom. The van der Waals surface area contributed by atoms with Crippen molar-refractivity contribution in [2.24, 2.45) is 5.73 Å². The molecule has 0 spiro atoms. The lowest BCUT2D eigenvalue weighted by molar-refractivity contribution is 0.306. The highest BCUT2D eigenvalue weighted by molar-refractivity contribution is 7.99. The van der Waals surface area contributed by atoms with E-state index in [2.05, 4.69) is 13.0 Å². The van der Waals surface area contributed by atoms with Gasteiger partial charge in [-0.1, -0.05) is 19.4 Å². The van der Waals surface area contributed by atoms with Crippen LogP contribution in [0.2, 0.25) is 0 Å². The Morgan fingerprint density at radius 3 is 3.06 bits per heavy atom. The van der Waals surface area contributed by atoms with Gasteiger partial charge in [0.15, 0.2) is 0 Å². The number of phenolic OH excluding ortho intramolecular Hbond substituents is 1. The summed E-state index contributed by atoms with van der Waals surface area (Å²) in [4.78, 5) is 0. The van der Waals surface area contributed by atoms with Gasteiger partial charge in [0.25, 0.3) is 0 Å². The molecular weight excluding hydrogens is 242 g/mol. The van der Waals surface area contributed by atoms with E-state index in [0.717, 1.165) is 12.8 Å². The van der Waals surface area contributed by atoms with Gasteiger partial charge in [0.1, 0.15) is 5.75 Å². The highest BCUT2D eigenvalue weighted by atomic mass is 32.2. The van der Waals surface area contributed by atoms with Crippen molar-refractivity contribution in [1.82, 2.24) is 0 Å². The van der Waals surface area contributed by atoms with Crippen LogP contribution in [0.1, 0.15) is 37.3 Å². The summed E-state index contributed by atoms with van der Waals surface area (Å²) in [5.41, 5.74) is 9.25. The van der Waals surface area contributed by atoms with E-state index in [1.54, 1.807) is 0 Å². The number of aromatic hydroxyl groups is 1. The number of nitrogens with two attached hydrogens (primary N) is 1. The lowest BCUT2D eigenvalue weighted by Crippen LogP contribution is -2.54. The third-order valence-corrected chi connectivity index (χ3v) is 6.10. The van der Waals surface area contributed by atoms with Gasteiger partial charge in [0, 0.05) is 16.7 Å². The van der Waals surface area contributed by atoms with Crippen molar-refractivity contribution in [3.05, 3.63) is 29.3 Å². The van der Waals surface area contributed by atoms with E-state index in [0.29, 0.717) is 11.0 Å². The number of phenols is 1. The number of rotatable bonds is 0.